The molecule has 5 aromatic carbocycles. The van der Waals surface area contributed by atoms with Crippen LogP contribution in [-0.4, -0.2) is 23.5 Å². The predicted molar refractivity (Wildman–Crippen MR) is 180 cm³/mol. The lowest BCUT2D eigenvalue weighted by Crippen LogP contribution is -2.81. The number of hydrogen-bond donors (Lipinski definition) is 0. The molecule has 1 heterocycles. The van der Waals surface area contributed by atoms with Gasteiger partial charge in [0.05, 0.1) is 19.0 Å². The van der Waals surface area contributed by atoms with Gasteiger partial charge in [-0.25, -0.2) is 87.8 Å². The number of carbonyl (C=O) groups is 1. The Morgan fingerprint density at radius 3 is 0.984 bits per heavy atom. The number of ketones is 1. The minimum absolute atomic E-state index is 0.0678. The molecule has 64 heavy (non-hydrogen) atoms. The second-order valence-electron chi connectivity index (χ2n) is 13.0. The molecule has 0 saturated heterocycles. The highest BCUT2D eigenvalue weighted by atomic mass is 19.2. The summed E-state index contributed by atoms with van der Waals surface area (Å²) in [5, 5.41) is 0. The Bertz CT molecular complexity index is 2430. The van der Waals surface area contributed by atoms with Gasteiger partial charge in [-0.15, -0.1) is 21.9 Å². The van der Waals surface area contributed by atoms with Gasteiger partial charge >= 0.3 is 0 Å². The van der Waals surface area contributed by atoms with E-state index in [2.05, 4.69) is 11.9 Å². The molecule has 0 atom stereocenters. The lowest BCUT2D eigenvalue weighted by atomic mass is 9.12. The van der Waals surface area contributed by atoms with Crippen LogP contribution in [0.25, 0.3) is 0 Å². The second-order valence-corrected chi connectivity index (χ2v) is 13.0. The molecule has 0 unspecified atom stereocenters. The zero-order chi connectivity index (χ0) is 47.9. The van der Waals surface area contributed by atoms with Crippen molar-refractivity contribution in [3.05, 3.63) is 171 Å². The van der Waals surface area contributed by atoms with Crippen molar-refractivity contribution in [1.29, 1.82) is 0 Å². The van der Waals surface area contributed by atoms with E-state index in [1.54, 1.807) is 41.5 Å². The lowest BCUT2D eigenvalue weighted by molar-refractivity contribution is -0.683. The quantitative estimate of drug-likeness (QED) is 0.0351. The highest BCUT2D eigenvalue weighted by molar-refractivity contribution is 7.20. The number of Topliss-reactive ketones (excluding diaryl/α,β-unsaturated/α-hetero) is 1. The van der Waals surface area contributed by atoms with Crippen molar-refractivity contribution < 1.29 is 102 Å². The monoisotopic (exact) mass is 936 g/mol. The summed E-state index contributed by atoms with van der Waals surface area (Å²) in [6.07, 6.45) is 0.627. The number of halogens is 20. The molecule has 0 N–H and O–H groups in total. The Morgan fingerprint density at radius 2 is 0.719 bits per heavy atom. The van der Waals surface area contributed by atoms with Crippen LogP contribution in [0.2, 0.25) is 0 Å². The summed E-state index contributed by atoms with van der Waals surface area (Å²) in [6, 6.07) is 7.27. The SMILES string of the molecule is CCCOc1ccc(C(=O)C[n+]2ccncc2)cc1.Fc1c(F)c(F)c([B-](c2c(F)c(F)c(F)c(F)c2F)(c2c(F)c(F)c(F)c(F)c2F)c2c(F)c(F)c(F)c(F)c2F)c(F)c1F. The molecule has 0 fully saturated rings. The van der Waals surface area contributed by atoms with Crippen LogP contribution >= 0.6 is 0 Å². The predicted octanol–water partition coefficient (Wildman–Crippen LogP) is 7.89. The van der Waals surface area contributed by atoms with E-state index in [0.717, 1.165) is 12.2 Å². The van der Waals surface area contributed by atoms with Gasteiger partial charge in [-0.3, -0.25) is 9.78 Å². The van der Waals surface area contributed by atoms with Crippen molar-refractivity contribution in [3.63, 3.8) is 0 Å². The van der Waals surface area contributed by atoms with Crippen LogP contribution in [0.4, 0.5) is 87.8 Å². The normalized spacial score (nSPS) is 11.5. The highest BCUT2D eigenvalue weighted by Crippen LogP contribution is 2.31. The molecule has 6 rings (SSSR count). The number of aromatic nitrogens is 2. The number of benzene rings is 5. The van der Waals surface area contributed by atoms with Gasteiger partial charge in [0.15, 0.2) is 82.2 Å². The zero-order valence-corrected chi connectivity index (χ0v) is 31.1. The molecule has 6 aromatic rings. The van der Waals surface area contributed by atoms with Gasteiger partial charge in [-0.1, -0.05) is 6.92 Å². The van der Waals surface area contributed by atoms with E-state index in [1.807, 2.05) is 12.1 Å². The van der Waals surface area contributed by atoms with Crippen molar-refractivity contribution in [2.45, 2.75) is 19.9 Å². The van der Waals surface area contributed by atoms with Crippen molar-refractivity contribution in [3.8, 4) is 5.75 Å². The van der Waals surface area contributed by atoms with E-state index in [-0.39, 0.29) is 5.78 Å². The van der Waals surface area contributed by atoms with Crippen molar-refractivity contribution in [2.75, 3.05) is 6.61 Å². The van der Waals surface area contributed by atoms with Gasteiger partial charge < -0.3 is 4.74 Å². The fraction of sp³-hybridized carbons (Fsp3) is 0.103. The third kappa shape index (κ3) is 7.95. The maximum atomic E-state index is 15.4. The van der Waals surface area contributed by atoms with Crippen molar-refractivity contribution in [1.82, 2.24) is 4.98 Å². The molecule has 338 valence electrons. The molecule has 4 nitrogen and oxygen atoms in total. The van der Waals surface area contributed by atoms with E-state index < -0.39 is 144 Å². The van der Waals surface area contributed by atoms with Crippen molar-refractivity contribution >= 4 is 33.8 Å². The number of rotatable bonds is 10. The molecule has 0 bridgehead atoms. The Kier molecular flexibility index (Phi) is 14.0. The molecule has 25 heteroatoms. The van der Waals surface area contributed by atoms with Crippen LogP contribution in [0.5, 0.6) is 5.75 Å². The summed E-state index contributed by atoms with van der Waals surface area (Å²) in [7, 11) is 0. The average molecular weight is 936 g/mol. The minimum Gasteiger partial charge on any atom is -0.494 e. The Hall–Kier alpha value is -6.69. The first-order valence-corrected chi connectivity index (χ1v) is 17.3. The molecular weight excluding hydrogens is 919 g/mol. The summed E-state index contributed by atoms with van der Waals surface area (Å²) < 4.78 is 301. The van der Waals surface area contributed by atoms with E-state index >= 15 is 35.1 Å². The summed E-state index contributed by atoms with van der Waals surface area (Å²) >= 11 is 0. The fourth-order valence-electron chi connectivity index (χ4n) is 6.54. The van der Waals surface area contributed by atoms with Crippen LogP contribution in [0.1, 0.15) is 23.7 Å². The zero-order valence-electron chi connectivity index (χ0n) is 31.1. The third-order valence-corrected chi connectivity index (χ3v) is 9.37. The summed E-state index contributed by atoms with van der Waals surface area (Å²) in [5.74, 6) is -70.5. The molecule has 0 aliphatic heterocycles. The standard InChI is InChI=1S/C24BF20.C15H17N2O2/c26-5-1(6(27)14(35)21(42)13(5)34)25(2-7(28)15(36)22(43)16(37)8(2)29,3-9(30)17(38)23(44)18(39)10(3)31)4-11(32)19(40)24(45)20(41)12(4)33;1-2-11-19-14-5-3-13(4-6-14)15(18)12-17-9-7-16-8-10-17/h;3-10H,2,11-12H2,1H3/q-1;+1. The first-order chi connectivity index (χ1) is 30.0. The molecule has 0 aliphatic rings. The van der Waals surface area contributed by atoms with Crippen LogP contribution < -0.4 is 31.2 Å². The van der Waals surface area contributed by atoms with Crippen LogP contribution in [0, 0.1) is 116 Å². The smallest absolute Gasteiger partial charge is 0.227 e. The van der Waals surface area contributed by atoms with Gasteiger partial charge in [0, 0.05) is 5.56 Å². The van der Waals surface area contributed by atoms with E-state index in [4.69, 9.17) is 4.74 Å². The van der Waals surface area contributed by atoms with Crippen molar-refractivity contribution in [2.24, 2.45) is 0 Å². The number of nitrogens with zero attached hydrogens (tertiary/aromatic N) is 2. The molecule has 0 saturated carbocycles. The topological polar surface area (TPSA) is 43.1 Å². The van der Waals surface area contributed by atoms with Crippen LogP contribution in [0.15, 0.2) is 49.1 Å². The maximum Gasteiger partial charge on any atom is 0.227 e. The van der Waals surface area contributed by atoms with E-state index in [0.29, 0.717) is 18.7 Å². The number of carbonyl (C=O) groups excluding carboxylic acids is 1. The molecular formula is C39H17BF20N2O2. The Morgan fingerprint density at radius 1 is 0.453 bits per heavy atom. The van der Waals surface area contributed by atoms with E-state index in [9.17, 15) is 57.5 Å². The number of hydrogen-bond acceptors (Lipinski definition) is 3. The summed E-state index contributed by atoms with van der Waals surface area (Å²) in [4.78, 5) is 16.0. The minimum atomic E-state index is -7.22. The highest BCUT2D eigenvalue weighted by Gasteiger charge is 2.52. The Balaban J connectivity index is 0.000000337. The van der Waals surface area contributed by atoms with Gasteiger partial charge in [-0.05, 0) is 30.7 Å². The van der Waals surface area contributed by atoms with Gasteiger partial charge in [0.2, 0.25) is 12.3 Å². The van der Waals surface area contributed by atoms with Gasteiger partial charge in [0.25, 0.3) is 0 Å². The largest absolute Gasteiger partial charge is 0.494 e. The molecule has 0 aliphatic carbocycles. The third-order valence-electron chi connectivity index (χ3n) is 9.37. The van der Waals surface area contributed by atoms with Crippen LogP contribution in [0.3, 0.4) is 0 Å². The van der Waals surface area contributed by atoms with E-state index in [1.165, 1.54) is 0 Å². The maximum absolute atomic E-state index is 15.4. The molecule has 0 spiro atoms. The Labute approximate surface area is 343 Å². The molecule has 1 aromatic heterocycles. The average Bonchev–Trinajstić information content (AvgIpc) is 3.28. The van der Waals surface area contributed by atoms with Crippen LogP contribution in [-0.2, 0) is 6.54 Å². The van der Waals surface area contributed by atoms with Gasteiger partial charge in [0.1, 0.15) is 58.4 Å². The summed E-state index contributed by atoms with van der Waals surface area (Å²) in [6.45, 7) is 3.07. The lowest BCUT2D eigenvalue weighted by Gasteiger charge is -2.44. The first kappa shape index (κ1) is 48.3. The fourth-order valence-corrected chi connectivity index (χ4v) is 6.54. The first-order valence-electron chi connectivity index (χ1n) is 17.3. The second kappa shape index (κ2) is 18.6. The summed E-state index contributed by atoms with van der Waals surface area (Å²) in [5.41, 5.74) is -13.6. The molecule has 0 radical (unpaired) electrons. The molecule has 0 amide bonds. The van der Waals surface area contributed by atoms with Gasteiger partial charge in [-0.2, -0.15) is 4.57 Å². The number of ether oxygens (including phenoxy) is 1.